The van der Waals surface area contributed by atoms with E-state index in [9.17, 15) is 23.8 Å². The highest BCUT2D eigenvalue weighted by atomic mass is 31.2. The highest BCUT2D eigenvalue weighted by Gasteiger charge is 2.28. The number of allylic oxidation sites excluding steroid dienone is 12. The second-order valence-corrected chi connectivity index (χ2v) is 15.9. The lowest BCUT2D eigenvalue weighted by molar-refractivity contribution is -0.161. The fourth-order valence-electron chi connectivity index (χ4n) is 5.45. The van der Waals surface area contributed by atoms with Gasteiger partial charge in [-0.25, -0.2) is 4.57 Å². The molecule has 0 saturated heterocycles. The molecule has 0 fully saturated rings. The van der Waals surface area contributed by atoms with Crippen molar-refractivity contribution in [2.45, 2.75) is 180 Å². The Hall–Kier alpha value is -3.08. The number of nitrogens with two attached hydrogens (primary N) is 1. The van der Waals surface area contributed by atoms with Gasteiger partial charge in [0.1, 0.15) is 12.6 Å². The maximum absolute atomic E-state index is 12.6. The number of unbranched alkanes of at least 4 members (excludes halogenated alkanes) is 14. The first-order valence-electron chi connectivity index (χ1n) is 22.0. The first-order valence-corrected chi connectivity index (χ1v) is 23.5. The summed E-state index contributed by atoms with van der Waals surface area (Å²) in [4.78, 5) is 45.9. The maximum atomic E-state index is 12.6. The summed E-state index contributed by atoms with van der Waals surface area (Å²) in [5.74, 6) is -2.49. The van der Waals surface area contributed by atoms with Crippen molar-refractivity contribution in [3.05, 3.63) is 72.9 Å². The van der Waals surface area contributed by atoms with Crippen LogP contribution in [0.3, 0.4) is 0 Å². The summed E-state index contributed by atoms with van der Waals surface area (Å²) >= 11 is 0. The topological polar surface area (TPSA) is 172 Å². The number of esters is 2. The second kappa shape index (κ2) is 40.7. The van der Waals surface area contributed by atoms with Crippen LogP contribution in [0.4, 0.5) is 0 Å². The van der Waals surface area contributed by atoms with Crippen molar-refractivity contribution in [1.82, 2.24) is 0 Å². The third-order valence-corrected chi connectivity index (χ3v) is 9.89. The average Bonchev–Trinajstić information content (AvgIpc) is 3.20. The Balaban J connectivity index is 4.50. The van der Waals surface area contributed by atoms with Gasteiger partial charge in [-0.05, 0) is 77.0 Å². The van der Waals surface area contributed by atoms with Gasteiger partial charge in [0.25, 0.3) is 0 Å². The molecule has 0 aliphatic heterocycles. The van der Waals surface area contributed by atoms with Crippen molar-refractivity contribution >= 4 is 25.7 Å². The zero-order valence-electron chi connectivity index (χ0n) is 35.9. The number of phosphoric acid groups is 1. The molecule has 0 aliphatic rings. The van der Waals surface area contributed by atoms with Gasteiger partial charge in [0.2, 0.25) is 0 Å². The van der Waals surface area contributed by atoms with Crippen LogP contribution in [0.25, 0.3) is 0 Å². The van der Waals surface area contributed by atoms with E-state index in [0.717, 1.165) is 57.8 Å². The van der Waals surface area contributed by atoms with Gasteiger partial charge in [0, 0.05) is 12.8 Å². The lowest BCUT2D eigenvalue weighted by atomic mass is 10.1. The summed E-state index contributed by atoms with van der Waals surface area (Å²) in [7, 11) is -4.74. The van der Waals surface area contributed by atoms with E-state index < -0.39 is 51.1 Å². The molecule has 0 spiro atoms. The standard InChI is InChI=1S/C46H78NO10P/c1-3-5-7-9-11-13-15-17-19-20-21-22-24-25-27-29-31-33-35-37-44(48)54-39-42(40-55-58(52,53)56-41-43(47)46(50)51)57-45(49)38-36-34-32-30-28-26-23-18-16-14-12-10-8-6-4-2/h11,13-14,16-17,19,21-22,25,27,31,33,42-43H,3-10,12,15,18,20,23-24,26,28-30,32,34-41,47H2,1-2H3,(H,50,51)(H,52,53)/b13-11+,16-14+,19-17+,22-21+,27-25+,33-31+/t42-,43+/m1/s1. The molecule has 0 aromatic carbocycles. The monoisotopic (exact) mass is 836 g/mol. The summed E-state index contributed by atoms with van der Waals surface area (Å²) in [6.45, 7) is 2.67. The normalized spacial score (nSPS) is 14.4. The van der Waals surface area contributed by atoms with Crippen LogP contribution in [-0.4, -0.2) is 59.9 Å². The molecule has 3 atom stereocenters. The van der Waals surface area contributed by atoms with E-state index in [4.69, 9.17) is 24.8 Å². The fraction of sp³-hybridized carbons (Fsp3) is 0.674. The fourth-order valence-corrected chi connectivity index (χ4v) is 6.23. The zero-order chi connectivity index (χ0) is 42.8. The molecule has 332 valence electrons. The van der Waals surface area contributed by atoms with Crippen molar-refractivity contribution in [1.29, 1.82) is 0 Å². The van der Waals surface area contributed by atoms with Crippen LogP contribution in [0.15, 0.2) is 72.9 Å². The molecule has 58 heavy (non-hydrogen) atoms. The molecule has 0 amide bonds. The van der Waals surface area contributed by atoms with Crippen LogP contribution in [0.1, 0.15) is 168 Å². The predicted molar refractivity (Wildman–Crippen MR) is 235 cm³/mol. The number of carboxylic acid groups (broad SMARTS) is 1. The number of aliphatic carboxylic acids is 1. The maximum Gasteiger partial charge on any atom is 0.472 e. The van der Waals surface area contributed by atoms with Gasteiger partial charge < -0.3 is 25.2 Å². The van der Waals surface area contributed by atoms with E-state index in [-0.39, 0.29) is 19.4 Å². The lowest BCUT2D eigenvalue weighted by Gasteiger charge is -2.20. The van der Waals surface area contributed by atoms with E-state index in [0.29, 0.717) is 12.8 Å². The van der Waals surface area contributed by atoms with Crippen molar-refractivity contribution in [3.63, 3.8) is 0 Å². The van der Waals surface area contributed by atoms with Crippen LogP contribution in [-0.2, 0) is 37.5 Å². The largest absolute Gasteiger partial charge is 0.480 e. The minimum absolute atomic E-state index is 0.0944. The molecule has 0 heterocycles. The number of hydrogen-bond acceptors (Lipinski definition) is 9. The van der Waals surface area contributed by atoms with Crippen LogP contribution in [0, 0.1) is 0 Å². The molecule has 12 heteroatoms. The van der Waals surface area contributed by atoms with Gasteiger partial charge in [0.05, 0.1) is 13.2 Å². The Morgan fingerprint density at radius 3 is 1.48 bits per heavy atom. The summed E-state index contributed by atoms with van der Waals surface area (Å²) < 4.78 is 32.6. The smallest absolute Gasteiger partial charge is 0.472 e. The summed E-state index contributed by atoms with van der Waals surface area (Å²) in [6.07, 6.45) is 48.3. The van der Waals surface area contributed by atoms with Gasteiger partial charge in [-0.15, -0.1) is 0 Å². The van der Waals surface area contributed by atoms with Crippen LogP contribution in [0.5, 0.6) is 0 Å². The second-order valence-electron chi connectivity index (χ2n) is 14.5. The highest BCUT2D eigenvalue weighted by molar-refractivity contribution is 7.47. The van der Waals surface area contributed by atoms with E-state index in [2.05, 4.69) is 79.1 Å². The van der Waals surface area contributed by atoms with Crippen LogP contribution < -0.4 is 5.73 Å². The highest BCUT2D eigenvalue weighted by Crippen LogP contribution is 2.43. The van der Waals surface area contributed by atoms with Crippen LogP contribution >= 0.6 is 7.82 Å². The van der Waals surface area contributed by atoms with Gasteiger partial charge in [-0.2, -0.15) is 0 Å². The molecular weight excluding hydrogens is 757 g/mol. The first-order chi connectivity index (χ1) is 28.1. The molecule has 0 aliphatic carbocycles. The Labute approximate surface area is 350 Å². The molecule has 1 unspecified atom stereocenters. The Bertz CT molecular complexity index is 1260. The number of phosphoric ester groups is 1. The molecular formula is C46H78NO10P. The number of hydrogen-bond donors (Lipinski definition) is 3. The minimum atomic E-state index is -4.74. The number of ether oxygens (including phenoxy) is 2. The number of carboxylic acids is 1. The third-order valence-electron chi connectivity index (χ3n) is 8.94. The van der Waals surface area contributed by atoms with Crippen molar-refractivity contribution in [2.75, 3.05) is 19.8 Å². The summed E-state index contributed by atoms with van der Waals surface area (Å²) in [6, 6.07) is -1.53. The number of carbonyl (C=O) groups excluding carboxylic acids is 2. The molecule has 0 aromatic rings. The quantitative estimate of drug-likeness (QED) is 0.0232. The molecule has 0 aromatic heterocycles. The van der Waals surface area contributed by atoms with Crippen molar-refractivity contribution < 1.29 is 47.5 Å². The van der Waals surface area contributed by atoms with Crippen LogP contribution in [0.2, 0.25) is 0 Å². The lowest BCUT2D eigenvalue weighted by Crippen LogP contribution is -2.34. The summed E-state index contributed by atoms with van der Waals surface area (Å²) in [5, 5.41) is 8.89. The number of rotatable bonds is 40. The van der Waals surface area contributed by atoms with E-state index in [1.807, 2.05) is 12.2 Å². The first kappa shape index (κ1) is 54.9. The van der Waals surface area contributed by atoms with Gasteiger partial charge in [0.15, 0.2) is 6.10 Å². The zero-order valence-corrected chi connectivity index (χ0v) is 36.8. The summed E-state index contributed by atoms with van der Waals surface area (Å²) in [5.41, 5.74) is 5.33. The van der Waals surface area contributed by atoms with Gasteiger partial charge in [-0.3, -0.25) is 23.4 Å². The van der Waals surface area contributed by atoms with Crippen molar-refractivity contribution in [3.8, 4) is 0 Å². The number of carbonyl (C=O) groups is 3. The Kier molecular flexibility index (Phi) is 38.5. The SMILES string of the molecule is CCCCC/C=C/C/C=C/C/C=C/C/C=C/C/C=C/CCC(=O)OC[C@H](COP(=O)(O)OC[C@H](N)C(=O)O)OC(=O)CCCCCCCCC/C=C/CCCCCC. The Morgan fingerprint density at radius 1 is 0.534 bits per heavy atom. The third kappa shape index (κ3) is 39.7. The Morgan fingerprint density at radius 2 is 0.948 bits per heavy atom. The van der Waals surface area contributed by atoms with E-state index in [1.54, 1.807) is 0 Å². The molecule has 0 rings (SSSR count). The van der Waals surface area contributed by atoms with Crippen molar-refractivity contribution in [2.24, 2.45) is 5.73 Å². The van der Waals surface area contributed by atoms with E-state index in [1.165, 1.54) is 70.6 Å². The molecule has 4 N–H and O–H groups in total. The average molecular weight is 836 g/mol. The predicted octanol–water partition coefficient (Wildman–Crippen LogP) is 11.7. The minimum Gasteiger partial charge on any atom is -0.480 e. The van der Waals surface area contributed by atoms with Gasteiger partial charge in [-0.1, -0.05) is 151 Å². The van der Waals surface area contributed by atoms with Gasteiger partial charge >= 0.3 is 25.7 Å². The molecule has 0 radical (unpaired) electrons. The molecule has 11 nitrogen and oxygen atoms in total. The molecule has 0 saturated carbocycles. The molecule has 0 bridgehead atoms. The van der Waals surface area contributed by atoms with E-state index >= 15 is 0 Å².